The smallest absolute Gasteiger partial charge is 0.188 e. The van der Waals surface area contributed by atoms with Gasteiger partial charge in [-0.2, -0.15) is 5.10 Å². The summed E-state index contributed by atoms with van der Waals surface area (Å²) in [6, 6.07) is 0. The Balaban J connectivity index is 1.78. The molecule has 0 bridgehead atoms. The van der Waals surface area contributed by atoms with E-state index in [4.69, 9.17) is 9.72 Å². The van der Waals surface area contributed by atoms with Gasteiger partial charge in [0.25, 0.3) is 0 Å². The van der Waals surface area contributed by atoms with Crippen molar-refractivity contribution in [3.63, 3.8) is 0 Å². The zero-order chi connectivity index (χ0) is 14.1. The highest BCUT2D eigenvalue weighted by Gasteiger charge is 2.23. The minimum Gasteiger partial charge on any atom is -0.376 e. The molecule has 0 amide bonds. The Morgan fingerprint density at radius 1 is 1.45 bits per heavy atom. The number of rotatable bonds is 4. The van der Waals surface area contributed by atoms with Crippen molar-refractivity contribution in [1.82, 2.24) is 14.8 Å². The Bertz CT molecular complexity index is 557. The third-order valence-electron chi connectivity index (χ3n) is 3.74. The van der Waals surface area contributed by atoms with Crippen LogP contribution in [0.25, 0.3) is 10.3 Å². The lowest BCUT2D eigenvalue weighted by Crippen LogP contribution is -2.39. The van der Waals surface area contributed by atoms with Gasteiger partial charge >= 0.3 is 0 Å². The largest absolute Gasteiger partial charge is 0.376 e. The molecule has 0 aliphatic carbocycles. The van der Waals surface area contributed by atoms with E-state index in [1.165, 1.54) is 17.5 Å². The minimum atomic E-state index is 0.356. The lowest BCUT2D eigenvalue weighted by molar-refractivity contribution is 0.0440. The Morgan fingerprint density at radius 2 is 2.30 bits per heavy atom. The summed E-state index contributed by atoms with van der Waals surface area (Å²) in [4.78, 5) is 7.13. The number of anilines is 1. The van der Waals surface area contributed by atoms with Gasteiger partial charge in [0.05, 0.1) is 16.5 Å². The molecular weight excluding hydrogens is 272 g/mol. The lowest BCUT2D eigenvalue weighted by Gasteiger charge is -2.32. The van der Waals surface area contributed by atoms with E-state index in [1.54, 1.807) is 11.3 Å². The van der Waals surface area contributed by atoms with Crippen molar-refractivity contribution in [2.45, 2.75) is 39.2 Å². The average molecular weight is 294 g/mol. The summed E-state index contributed by atoms with van der Waals surface area (Å²) in [7, 11) is 1.96. The number of aromatic nitrogens is 3. The highest BCUT2D eigenvalue weighted by molar-refractivity contribution is 7.22. The van der Waals surface area contributed by atoms with Gasteiger partial charge in [0.15, 0.2) is 10.8 Å². The Labute approximate surface area is 123 Å². The topological polar surface area (TPSA) is 43.2 Å². The highest BCUT2D eigenvalue weighted by atomic mass is 32.1. The molecule has 0 N–H and O–H groups in total. The number of piperidine rings is 1. The molecule has 20 heavy (non-hydrogen) atoms. The zero-order valence-corrected chi connectivity index (χ0v) is 13.2. The van der Waals surface area contributed by atoms with Gasteiger partial charge in [-0.15, -0.1) is 0 Å². The monoisotopic (exact) mass is 294 g/mol. The van der Waals surface area contributed by atoms with Crippen molar-refractivity contribution in [3.05, 3.63) is 5.69 Å². The normalized spacial score (nSPS) is 19.9. The Kier molecular flexibility index (Phi) is 3.94. The summed E-state index contributed by atoms with van der Waals surface area (Å²) < 4.78 is 8.99. The maximum atomic E-state index is 5.90. The van der Waals surface area contributed by atoms with Crippen LogP contribution in [0, 0.1) is 6.92 Å². The third kappa shape index (κ3) is 2.54. The Morgan fingerprint density at radius 3 is 3.05 bits per heavy atom. The molecule has 0 spiro atoms. The third-order valence-corrected chi connectivity index (χ3v) is 4.95. The standard InChI is InChI=1S/C14H22N4OS/c1-4-8-19-11-6-5-7-18(9-11)14-15-13-12(20-14)10(2)16-17(13)3/h11H,4-9H2,1-3H3/t11-/m0/s1. The minimum absolute atomic E-state index is 0.356. The van der Waals surface area contributed by atoms with E-state index in [0.29, 0.717) is 6.10 Å². The van der Waals surface area contributed by atoms with Crippen molar-refractivity contribution in [1.29, 1.82) is 0 Å². The molecule has 1 aliphatic heterocycles. The SMILES string of the molecule is CCCO[C@H]1CCCN(c2nc3c(s2)c(C)nn3C)C1. The predicted molar refractivity (Wildman–Crippen MR) is 82.6 cm³/mol. The zero-order valence-electron chi connectivity index (χ0n) is 12.4. The fraction of sp³-hybridized carbons (Fsp3) is 0.714. The fourth-order valence-corrected chi connectivity index (χ4v) is 3.81. The Hall–Kier alpha value is -1.14. The quantitative estimate of drug-likeness (QED) is 0.869. The molecule has 0 aromatic carbocycles. The lowest BCUT2D eigenvalue weighted by atomic mass is 10.1. The number of hydrogen-bond donors (Lipinski definition) is 0. The van der Waals surface area contributed by atoms with Crippen LogP contribution in [0.3, 0.4) is 0 Å². The highest BCUT2D eigenvalue weighted by Crippen LogP contribution is 2.32. The molecule has 0 radical (unpaired) electrons. The van der Waals surface area contributed by atoms with Crippen LogP contribution in [0.1, 0.15) is 31.9 Å². The number of fused-ring (bicyclic) bond motifs is 1. The van der Waals surface area contributed by atoms with Gasteiger partial charge in [-0.1, -0.05) is 18.3 Å². The maximum absolute atomic E-state index is 5.90. The summed E-state index contributed by atoms with van der Waals surface area (Å²) >= 11 is 1.75. The molecule has 1 atom stereocenters. The molecule has 1 saturated heterocycles. The molecule has 0 unspecified atom stereocenters. The summed E-state index contributed by atoms with van der Waals surface area (Å²) in [6.45, 7) is 7.11. The first kappa shape index (κ1) is 13.8. The molecular formula is C14H22N4OS. The van der Waals surface area contributed by atoms with Crippen LogP contribution in [0.4, 0.5) is 5.13 Å². The molecule has 3 heterocycles. The molecule has 2 aromatic rings. The first-order valence-electron chi connectivity index (χ1n) is 7.35. The van der Waals surface area contributed by atoms with Crippen molar-refractivity contribution >= 4 is 26.8 Å². The predicted octanol–water partition coefficient (Wildman–Crippen LogP) is 2.73. The van der Waals surface area contributed by atoms with Crippen molar-refractivity contribution in [2.75, 3.05) is 24.6 Å². The first-order chi connectivity index (χ1) is 9.69. The van der Waals surface area contributed by atoms with Crippen LogP contribution in [-0.4, -0.2) is 40.6 Å². The maximum Gasteiger partial charge on any atom is 0.188 e. The van der Waals surface area contributed by atoms with E-state index < -0.39 is 0 Å². The molecule has 5 nitrogen and oxygen atoms in total. The number of thiazole rings is 1. The van der Waals surface area contributed by atoms with Crippen LogP contribution in [0.2, 0.25) is 0 Å². The molecule has 6 heteroatoms. The average Bonchev–Trinajstić information content (AvgIpc) is 3.00. The van der Waals surface area contributed by atoms with E-state index in [0.717, 1.165) is 42.6 Å². The second-order valence-corrected chi connectivity index (χ2v) is 6.42. The van der Waals surface area contributed by atoms with Crippen molar-refractivity contribution in [3.8, 4) is 0 Å². The van der Waals surface area contributed by atoms with E-state index in [9.17, 15) is 0 Å². The van der Waals surface area contributed by atoms with Gasteiger partial charge in [-0.05, 0) is 26.2 Å². The van der Waals surface area contributed by atoms with Gasteiger partial charge in [0.1, 0.15) is 0 Å². The number of ether oxygens (including phenoxy) is 1. The molecule has 3 rings (SSSR count). The summed E-state index contributed by atoms with van der Waals surface area (Å²) in [5, 5.41) is 5.53. The molecule has 1 fully saturated rings. The van der Waals surface area contributed by atoms with E-state index in [2.05, 4.69) is 16.9 Å². The van der Waals surface area contributed by atoms with Crippen LogP contribution >= 0.6 is 11.3 Å². The van der Waals surface area contributed by atoms with Gasteiger partial charge in [-0.25, -0.2) is 9.67 Å². The van der Waals surface area contributed by atoms with E-state index in [-0.39, 0.29) is 0 Å². The second kappa shape index (κ2) is 5.69. The van der Waals surface area contributed by atoms with Crippen LogP contribution in [-0.2, 0) is 11.8 Å². The van der Waals surface area contributed by atoms with Gasteiger partial charge in [-0.3, -0.25) is 0 Å². The second-order valence-electron chi connectivity index (χ2n) is 5.44. The number of hydrogen-bond acceptors (Lipinski definition) is 5. The van der Waals surface area contributed by atoms with Crippen LogP contribution in [0.5, 0.6) is 0 Å². The van der Waals surface area contributed by atoms with Crippen LogP contribution < -0.4 is 4.90 Å². The number of aryl methyl sites for hydroxylation is 2. The van der Waals surface area contributed by atoms with Gasteiger partial charge in [0, 0.05) is 26.7 Å². The van der Waals surface area contributed by atoms with Gasteiger partial charge in [0.2, 0.25) is 0 Å². The van der Waals surface area contributed by atoms with Crippen LogP contribution in [0.15, 0.2) is 0 Å². The van der Waals surface area contributed by atoms with Gasteiger partial charge < -0.3 is 9.64 Å². The summed E-state index contributed by atoms with van der Waals surface area (Å²) in [5.74, 6) is 0. The molecule has 110 valence electrons. The fourth-order valence-electron chi connectivity index (χ4n) is 2.74. The molecule has 0 saturated carbocycles. The van der Waals surface area contributed by atoms with Crippen molar-refractivity contribution < 1.29 is 4.74 Å². The van der Waals surface area contributed by atoms with E-state index >= 15 is 0 Å². The molecule has 2 aromatic heterocycles. The summed E-state index contributed by atoms with van der Waals surface area (Å²) in [5.41, 5.74) is 2.07. The van der Waals surface area contributed by atoms with Crippen molar-refractivity contribution in [2.24, 2.45) is 7.05 Å². The summed E-state index contributed by atoms with van der Waals surface area (Å²) in [6.07, 6.45) is 3.79. The van der Waals surface area contributed by atoms with E-state index in [1.807, 2.05) is 18.7 Å². The molecule has 1 aliphatic rings. The first-order valence-corrected chi connectivity index (χ1v) is 8.17. The number of nitrogens with zero attached hydrogens (tertiary/aromatic N) is 4.